The fourth-order valence-corrected chi connectivity index (χ4v) is 3.19. The topological polar surface area (TPSA) is 21.3 Å². The third-order valence-corrected chi connectivity index (χ3v) is 4.17. The van der Waals surface area contributed by atoms with Crippen molar-refractivity contribution in [2.45, 2.75) is 25.4 Å². The van der Waals surface area contributed by atoms with Crippen LogP contribution in [0.2, 0.25) is 0 Å². The third-order valence-electron chi connectivity index (χ3n) is 3.01. The molecule has 1 unspecified atom stereocenters. The number of benzene rings is 1. The summed E-state index contributed by atoms with van der Waals surface area (Å²) in [5, 5.41) is 3.67. The van der Waals surface area contributed by atoms with Crippen LogP contribution in [0.5, 0.6) is 5.75 Å². The smallest absolute Gasteiger partial charge is 0.119 e. The van der Waals surface area contributed by atoms with Crippen LogP contribution in [0.3, 0.4) is 0 Å². The summed E-state index contributed by atoms with van der Waals surface area (Å²) in [4.78, 5) is 0. The molecule has 1 aromatic rings. The molecule has 2 rings (SSSR count). The van der Waals surface area contributed by atoms with Gasteiger partial charge in [-0.3, -0.25) is 0 Å². The number of thioether (sulfide) groups is 1. The molecule has 1 fully saturated rings. The minimum absolute atomic E-state index is 0.402. The number of nitrogens with one attached hydrogen (secondary N) is 1. The molecule has 0 aromatic heterocycles. The number of rotatable bonds is 4. The molecule has 16 heavy (non-hydrogen) atoms. The normalized spacial score (nSPS) is 22.0. The van der Waals surface area contributed by atoms with Crippen molar-refractivity contribution in [3.63, 3.8) is 0 Å². The minimum Gasteiger partial charge on any atom is -0.497 e. The van der Waals surface area contributed by atoms with E-state index < -0.39 is 0 Å². The average Bonchev–Trinajstić information content (AvgIpc) is 2.82. The number of hydrogen-bond donors (Lipinski definition) is 1. The second-order valence-corrected chi connectivity index (χ2v) is 5.38. The molecule has 1 aromatic carbocycles. The van der Waals surface area contributed by atoms with E-state index >= 15 is 0 Å². The van der Waals surface area contributed by atoms with Gasteiger partial charge in [0.1, 0.15) is 5.75 Å². The van der Waals surface area contributed by atoms with Gasteiger partial charge in [-0.25, -0.2) is 0 Å². The molecule has 1 aliphatic rings. The van der Waals surface area contributed by atoms with Crippen LogP contribution in [0.4, 0.5) is 0 Å². The van der Waals surface area contributed by atoms with Gasteiger partial charge in [-0.05, 0) is 36.8 Å². The Bertz CT molecular complexity index is 336. The zero-order chi connectivity index (χ0) is 11.4. The van der Waals surface area contributed by atoms with E-state index in [2.05, 4.69) is 30.4 Å². The molecule has 1 N–H and O–H groups in total. The lowest BCUT2D eigenvalue weighted by Crippen LogP contribution is -2.31. The Balaban J connectivity index is 1.98. The Morgan fingerprint density at radius 2 is 2.38 bits per heavy atom. The summed E-state index contributed by atoms with van der Waals surface area (Å²) < 4.78 is 5.24. The second-order valence-electron chi connectivity index (χ2n) is 4.23. The van der Waals surface area contributed by atoms with Gasteiger partial charge in [0.2, 0.25) is 0 Å². The van der Waals surface area contributed by atoms with Gasteiger partial charge < -0.3 is 10.1 Å². The first-order chi connectivity index (χ1) is 7.79. The standard InChI is InChI=1S/C13H19NOS/c1-10(14-12-6-7-16-9-12)11-4-3-5-13(8-11)15-2/h3-5,8,10,12,14H,6-7,9H2,1-2H3/t10-,12?/m0/s1. The van der Waals surface area contributed by atoms with Crippen molar-refractivity contribution < 1.29 is 4.74 Å². The van der Waals surface area contributed by atoms with Gasteiger partial charge in [0.15, 0.2) is 0 Å². The first-order valence-electron chi connectivity index (χ1n) is 5.77. The highest BCUT2D eigenvalue weighted by molar-refractivity contribution is 7.99. The minimum atomic E-state index is 0.402. The van der Waals surface area contributed by atoms with Gasteiger partial charge in [-0.1, -0.05) is 12.1 Å². The van der Waals surface area contributed by atoms with Crippen LogP contribution in [0.1, 0.15) is 24.9 Å². The molecule has 88 valence electrons. The molecule has 1 aliphatic heterocycles. The van der Waals surface area contributed by atoms with Crippen molar-refractivity contribution in [1.29, 1.82) is 0 Å². The maximum absolute atomic E-state index is 5.24. The number of ether oxygens (including phenoxy) is 1. The van der Waals surface area contributed by atoms with E-state index in [0.717, 1.165) is 5.75 Å². The van der Waals surface area contributed by atoms with Crippen LogP contribution in [-0.4, -0.2) is 24.7 Å². The summed E-state index contributed by atoms with van der Waals surface area (Å²) in [7, 11) is 1.71. The number of methoxy groups -OCH3 is 1. The molecule has 0 saturated carbocycles. The first-order valence-corrected chi connectivity index (χ1v) is 6.93. The molecule has 0 radical (unpaired) electrons. The Labute approximate surface area is 102 Å². The van der Waals surface area contributed by atoms with Gasteiger partial charge in [0.05, 0.1) is 7.11 Å². The summed E-state index contributed by atoms with van der Waals surface area (Å²) in [5.74, 6) is 3.48. The Hall–Kier alpha value is -0.670. The highest BCUT2D eigenvalue weighted by Crippen LogP contribution is 2.23. The number of hydrogen-bond acceptors (Lipinski definition) is 3. The van der Waals surface area contributed by atoms with Gasteiger partial charge in [-0.2, -0.15) is 11.8 Å². The lowest BCUT2D eigenvalue weighted by atomic mass is 10.1. The van der Waals surface area contributed by atoms with Crippen LogP contribution < -0.4 is 10.1 Å². The Morgan fingerprint density at radius 3 is 3.06 bits per heavy atom. The fraction of sp³-hybridized carbons (Fsp3) is 0.538. The van der Waals surface area contributed by atoms with E-state index in [-0.39, 0.29) is 0 Å². The zero-order valence-electron chi connectivity index (χ0n) is 9.90. The van der Waals surface area contributed by atoms with E-state index in [1.54, 1.807) is 7.11 Å². The van der Waals surface area contributed by atoms with E-state index in [1.807, 2.05) is 17.8 Å². The Kier molecular flexibility index (Phi) is 4.13. The summed E-state index contributed by atoms with van der Waals surface area (Å²) in [6.07, 6.45) is 1.29. The second kappa shape index (κ2) is 5.60. The van der Waals surface area contributed by atoms with Crippen LogP contribution in [-0.2, 0) is 0 Å². The van der Waals surface area contributed by atoms with Gasteiger partial charge in [0.25, 0.3) is 0 Å². The SMILES string of the molecule is COc1cccc([C@H](C)NC2CCSC2)c1. The van der Waals surface area contributed by atoms with Crippen molar-refractivity contribution in [1.82, 2.24) is 5.32 Å². The van der Waals surface area contributed by atoms with Crippen molar-refractivity contribution >= 4 is 11.8 Å². The highest BCUT2D eigenvalue weighted by Gasteiger charge is 2.17. The molecular weight excluding hydrogens is 218 g/mol. The predicted octanol–water partition coefficient (Wildman–Crippen LogP) is 2.85. The molecule has 0 spiro atoms. The van der Waals surface area contributed by atoms with Crippen LogP contribution in [0, 0.1) is 0 Å². The van der Waals surface area contributed by atoms with Crippen LogP contribution in [0.15, 0.2) is 24.3 Å². The molecule has 1 heterocycles. The largest absolute Gasteiger partial charge is 0.497 e. The predicted molar refractivity (Wildman–Crippen MR) is 70.3 cm³/mol. The fourth-order valence-electron chi connectivity index (χ4n) is 2.03. The monoisotopic (exact) mass is 237 g/mol. The van der Waals surface area contributed by atoms with Gasteiger partial charge >= 0.3 is 0 Å². The summed E-state index contributed by atoms with van der Waals surface area (Å²) >= 11 is 2.04. The molecular formula is C13H19NOS. The first kappa shape index (κ1) is 11.8. The van der Waals surface area contributed by atoms with Gasteiger partial charge in [0, 0.05) is 17.8 Å². The van der Waals surface area contributed by atoms with Crippen molar-refractivity contribution in [3.05, 3.63) is 29.8 Å². The molecule has 1 saturated heterocycles. The summed E-state index contributed by atoms with van der Waals surface area (Å²) in [5.41, 5.74) is 1.30. The third kappa shape index (κ3) is 2.92. The average molecular weight is 237 g/mol. The van der Waals surface area contributed by atoms with Crippen LogP contribution >= 0.6 is 11.8 Å². The van der Waals surface area contributed by atoms with Crippen molar-refractivity contribution in [3.8, 4) is 5.75 Å². The van der Waals surface area contributed by atoms with Crippen molar-refractivity contribution in [2.75, 3.05) is 18.6 Å². The Morgan fingerprint density at radius 1 is 1.50 bits per heavy atom. The van der Waals surface area contributed by atoms with E-state index in [9.17, 15) is 0 Å². The van der Waals surface area contributed by atoms with E-state index in [0.29, 0.717) is 12.1 Å². The highest BCUT2D eigenvalue weighted by atomic mass is 32.2. The van der Waals surface area contributed by atoms with E-state index in [1.165, 1.54) is 23.5 Å². The maximum Gasteiger partial charge on any atom is 0.119 e. The zero-order valence-corrected chi connectivity index (χ0v) is 10.7. The lowest BCUT2D eigenvalue weighted by molar-refractivity contribution is 0.412. The molecule has 2 nitrogen and oxygen atoms in total. The molecule has 0 bridgehead atoms. The van der Waals surface area contributed by atoms with Crippen molar-refractivity contribution in [2.24, 2.45) is 0 Å². The molecule has 0 amide bonds. The summed E-state index contributed by atoms with van der Waals surface area (Å²) in [6.45, 7) is 2.22. The molecule has 0 aliphatic carbocycles. The van der Waals surface area contributed by atoms with E-state index in [4.69, 9.17) is 4.74 Å². The molecule has 3 heteroatoms. The summed E-state index contributed by atoms with van der Waals surface area (Å²) in [6, 6.07) is 9.38. The maximum atomic E-state index is 5.24. The van der Waals surface area contributed by atoms with Crippen LogP contribution in [0.25, 0.3) is 0 Å². The van der Waals surface area contributed by atoms with Gasteiger partial charge in [-0.15, -0.1) is 0 Å². The molecule has 2 atom stereocenters. The lowest BCUT2D eigenvalue weighted by Gasteiger charge is -2.19. The quantitative estimate of drug-likeness (QED) is 0.870.